The standard InChI is InChI=1S/C19H18N2O4/c1-21-16-8-3-2-7-14(16)15(10-17(21)22)18(23)20-11-12-5-4-6-13(9-12)19(24)25/h2-9,15H,10-11H2,1H3,(H,20,23)(H,24,25)/t15-/m1/s1. The number of carbonyl (C=O) groups is 3. The van der Waals surface area contributed by atoms with Crippen LogP contribution in [-0.4, -0.2) is 29.9 Å². The third-order valence-electron chi connectivity index (χ3n) is 4.38. The monoisotopic (exact) mass is 338 g/mol. The highest BCUT2D eigenvalue weighted by atomic mass is 16.4. The first-order valence-corrected chi connectivity index (χ1v) is 7.93. The Bertz CT molecular complexity index is 847. The smallest absolute Gasteiger partial charge is 0.335 e. The topological polar surface area (TPSA) is 86.7 Å². The average molecular weight is 338 g/mol. The van der Waals surface area contributed by atoms with Gasteiger partial charge in [0.2, 0.25) is 11.8 Å². The summed E-state index contributed by atoms with van der Waals surface area (Å²) in [6.45, 7) is 0.211. The van der Waals surface area contributed by atoms with Gasteiger partial charge in [-0.15, -0.1) is 0 Å². The second-order valence-electron chi connectivity index (χ2n) is 5.99. The van der Waals surface area contributed by atoms with Gasteiger partial charge in [-0.3, -0.25) is 9.59 Å². The molecule has 1 heterocycles. The lowest BCUT2D eigenvalue weighted by molar-refractivity contribution is -0.127. The van der Waals surface area contributed by atoms with Crippen LogP contribution in [0.25, 0.3) is 0 Å². The number of anilines is 1. The Morgan fingerprint density at radius 3 is 2.72 bits per heavy atom. The molecule has 0 spiro atoms. The largest absolute Gasteiger partial charge is 0.478 e. The normalized spacial score (nSPS) is 16.3. The van der Waals surface area contributed by atoms with E-state index in [-0.39, 0.29) is 30.3 Å². The second-order valence-corrected chi connectivity index (χ2v) is 5.99. The third-order valence-corrected chi connectivity index (χ3v) is 4.38. The Kier molecular flexibility index (Phi) is 4.52. The number of nitrogens with one attached hydrogen (secondary N) is 1. The molecule has 6 heteroatoms. The molecular weight excluding hydrogens is 320 g/mol. The second kappa shape index (κ2) is 6.76. The van der Waals surface area contributed by atoms with Gasteiger partial charge in [-0.25, -0.2) is 4.79 Å². The molecule has 128 valence electrons. The number of amides is 2. The summed E-state index contributed by atoms with van der Waals surface area (Å²) in [5, 5.41) is 11.8. The van der Waals surface area contributed by atoms with Crippen molar-refractivity contribution >= 4 is 23.5 Å². The number of hydrogen-bond donors (Lipinski definition) is 2. The van der Waals surface area contributed by atoms with Crippen LogP contribution in [0.1, 0.15) is 33.8 Å². The molecule has 0 saturated carbocycles. The van der Waals surface area contributed by atoms with Crippen LogP contribution in [0.2, 0.25) is 0 Å². The Hall–Kier alpha value is -3.15. The molecule has 2 aromatic rings. The van der Waals surface area contributed by atoms with Crippen molar-refractivity contribution in [2.45, 2.75) is 18.9 Å². The summed E-state index contributed by atoms with van der Waals surface area (Å²) in [5.74, 6) is -1.90. The quantitative estimate of drug-likeness (QED) is 0.894. The summed E-state index contributed by atoms with van der Waals surface area (Å²) in [6.07, 6.45) is 0.120. The van der Waals surface area contributed by atoms with Crippen molar-refractivity contribution in [1.82, 2.24) is 5.32 Å². The summed E-state index contributed by atoms with van der Waals surface area (Å²) >= 11 is 0. The van der Waals surface area contributed by atoms with E-state index in [0.717, 1.165) is 11.3 Å². The van der Waals surface area contributed by atoms with Crippen molar-refractivity contribution in [2.24, 2.45) is 0 Å². The molecule has 2 N–H and O–H groups in total. The van der Waals surface area contributed by atoms with Crippen LogP contribution in [0.4, 0.5) is 5.69 Å². The van der Waals surface area contributed by atoms with Crippen LogP contribution >= 0.6 is 0 Å². The number of benzene rings is 2. The molecule has 1 aliphatic heterocycles. The van der Waals surface area contributed by atoms with Gasteiger partial charge in [-0.1, -0.05) is 30.3 Å². The van der Waals surface area contributed by atoms with E-state index in [4.69, 9.17) is 5.11 Å². The van der Waals surface area contributed by atoms with Crippen LogP contribution < -0.4 is 10.2 Å². The van der Waals surface area contributed by atoms with Crippen molar-refractivity contribution in [3.8, 4) is 0 Å². The molecule has 0 bridgehead atoms. The summed E-state index contributed by atoms with van der Waals surface area (Å²) < 4.78 is 0. The maximum absolute atomic E-state index is 12.6. The predicted molar refractivity (Wildman–Crippen MR) is 92.5 cm³/mol. The predicted octanol–water partition coefficient (Wildman–Crippen LogP) is 2.15. The zero-order chi connectivity index (χ0) is 18.0. The fraction of sp³-hybridized carbons (Fsp3) is 0.211. The maximum Gasteiger partial charge on any atom is 0.335 e. The lowest BCUT2D eigenvalue weighted by atomic mass is 9.89. The van der Waals surface area contributed by atoms with E-state index < -0.39 is 11.9 Å². The number of carbonyl (C=O) groups excluding carboxylic acids is 2. The molecule has 1 atom stereocenters. The lowest BCUT2D eigenvalue weighted by Gasteiger charge is -2.30. The molecule has 0 saturated heterocycles. The molecule has 1 aliphatic rings. The van der Waals surface area contributed by atoms with Crippen molar-refractivity contribution in [3.05, 3.63) is 65.2 Å². The molecule has 0 unspecified atom stereocenters. The summed E-state index contributed by atoms with van der Waals surface area (Å²) in [6, 6.07) is 13.8. The van der Waals surface area contributed by atoms with Gasteiger partial charge < -0.3 is 15.3 Å². The number of fused-ring (bicyclic) bond motifs is 1. The molecular formula is C19H18N2O4. The van der Waals surface area contributed by atoms with Crippen molar-refractivity contribution < 1.29 is 19.5 Å². The van der Waals surface area contributed by atoms with E-state index in [9.17, 15) is 14.4 Å². The zero-order valence-electron chi connectivity index (χ0n) is 13.7. The van der Waals surface area contributed by atoms with E-state index in [1.165, 1.54) is 12.1 Å². The minimum Gasteiger partial charge on any atom is -0.478 e. The number of aromatic carboxylic acids is 1. The Morgan fingerprint density at radius 2 is 1.96 bits per heavy atom. The fourth-order valence-electron chi connectivity index (χ4n) is 3.00. The lowest BCUT2D eigenvalue weighted by Crippen LogP contribution is -2.39. The first kappa shape index (κ1) is 16.7. The summed E-state index contributed by atoms with van der Waals surface area (Å²) in [5.41, 5.74) is 2.43. The van der Waals surface area contributed by atoms with Crippen molar-refractivity contribution in [3.63, 3.8) is 0 Å². The van der Waals surface area contributed by atoms with Gasteiger partial charge >= 0.3 is 5.97 Å². The highest BCUT2D eigenvalue weighted by Crippen LogP contribution is 2.35. The summed E-state index contributed by atoms with van der Waals surface area (Å²) in [7, 11) is 1.70. The van der Waals surface area contributed by atoms with Gasteiger partial charge in [0, 0.05) is 25.7 Å². The number of carboxylic acid groups (broad SMARTS) is 1. The number of carboxylic acids is 1. The Morgan fingerprint density at radius 1 is 1.20 bits per heavy atom. The number of rotatable bonds is 4. The van der Waals surface area contributed by atoms with Gasteiger partial charge in [0.15, 0.2) is 0 Å². The van der Waals surface area contributed by atoms with Crippen LogP contribution in [0.3, 0.4) is 0 Å². The van der Waals surface area contributed by atoms with Gasteiger partial charge in [0.05, 0.1) is 11.5 Å². The molecule has 0 fully saturated rings. The van der Waals surface area contributed by atoms with E-state index in [2.05, 4.69) is 5.32 Å². The summed E-state index contributed by atoms with van der Waals surface area (Å²) in [4.78, 5) is 37.3. The zero-order valence-corrected chi connectivity index (χ0v) is 13.7. The van der Waals surface area contributed by atoms with Gasteiger partial charge in [-0.2, -0.15) is 0 Å². The number of nitrogens with zero attached hydrogens (tertiary/aromatic N) is 1. The molecule has 3 rings (SSSR count). The first-order chi connectivity index (χ1) is 12.0. The molecule has 0 aromatic heterocycles. The molecule has 6 nitrogen and oxygen atoms in total. The van der Waals surface area contributed by atoms with Crippen LogP contribution in [0.15, 0.2) is 48.5 Å². The van der Waals surface area contributed by atoms with E-state index in [1.807, 2.05) is 24.3 Å². The SMILES string of the molecule is CN1C(=O)C[C@@H](C(=O)NCc2cccc(C(=O)O)c2)c2ccccc21. The van der Waals surface area contributed by atoms with Crippen LogP contribution in [0, 0.1) is 0 Å². The van der Waals surface area contributed by atoms with Gasteiger partial charge in [0.25, 0.3) is 0 Å². The first-order valence-electron chi connectivity index (χ1n) is 7.93. The van der Waals surface area contributed by atoms with Gasteiger partial charge in [0.1, 0.15) is 0 Å². The number of para-hydroxylation sites is 1. The average Bonchev–Trinajstić information content (AvgIpc) is 2.63. The van der Waals surface area contributed by atoms with E-state index >= 15 is 0 Å². The Balaban J connectivity index is 1.76. The molecule has 25 heavy (non-hydrogen) atoms. The van der Waals surface area contributed by atoms with Gasteiger partial charge in [-0.05, 0) is 29.3 Å². The Labute approximate surface area is 145 Å². The fourth-order valence-corrected chi connectivity index (χ4v) is 3.00. The van der Waals surface area contributed by atoms with Crippen LogP contribution in [-0.2, 0) is 16.1 Å². The maximum atomic E-state index is 12.6. The minimum atomic E-state index is -1.01. The molecule has 0 aliphatic carbocycles. The van der Waals surface area contributed by atoms with Crippen LogP contribution in [0.5, 0.6) is 0 Å². The molecule has 2 aromatic carbocycles. The minimum absolute atomic E-state index is 0.105. The van der Waals surface area contributed by atoms with E-state index in [0.29, 0.717) is 5.56 Å². The van der Waals surface area contributed by atoms with Crippen molar-refractivity contribution in [2.75, 3.05) is 11.9 Å². The van der Waals surface area contributed by atoms with E-state index in [1.54, 1.807) is 24.1 Å². The highest BCUT2D eigenvalue weighted by Gasteiger charge is 2.33. The highest BCUT2D eigenvalue weighted by molar-refractivity contribution is 6.02. The molecule has 2 amide bonds. The van der Waals surface area contributed by atoms with Crippen molar-refractivity contribution in [1.29, 1.82) is 0 Å². The third kappa shape index (κ3) is 3.38. The molecule has 0 radical (unpaired) electrons. The number of hydrogen-bond acceptors (Lipinski definition) is 3.